The van der Waals surface area contributed by atoms with Crippen LogP contribution < -0.4 is 23.8 Å². The van der Waals surface area contributed by atoms with E-state index < -0.39 is 28.1 Å². The third-order valence-electron chi connectivity index (χ3n) is 7.37. The first-order valence-electron chi connectivity index (χ1n) is 13.0. The number of fused-ring (bicyclic) bond motifs is 1. The van der Waals surface area contributed by atoms with Crippen LogP contribution in [0.5, 0.6) is 17.2 Å². The fourth-order valence-corrected chi connectivity index (χ4v) is 6.35. The molecule has 0 bridgehead atoms. The number of amides is 1. The highest BCUT2D eigenvalue weighted by atomic mass is 32.2. The monoisotopic (exact) mass is 552 g/mol. The average Bonchev–Trinajstić information content (AvgIpc) is 2.95. The molecule has 0 spiro atoms. The molecule has 208 valence electrons. The lowest BCUT2D eigenvalue weighted by Crippen LogP contribution is -2.47. The van der Waals surface area contributed by atoms with Crippen LogP contribution in [-0.4, -0.2) is 40.7 Å². The Hall–Kier alpha value is -3.72. The highest BCUT2D eigenvalue weighted by Gasteiger charge is 2.39. The normalized spacial score (nSPS) is 16.0. The van der Waals surface area contributed by atoms with E-state index in [4.69, 9.17) is 14.2 Å². The van der Waals surface area contributed by atoms with E-state index in [-0.39, 0.29) is 16.6 Å². The van der Waals surface area contributed by atoms with Crippen molar-refractivity contribution in [3.05, 3.63) is 77.9 Å². The third-order valence-corrected chi connectivity index (χ3v) is 9.16. The molecule has 1 atom stereocenters. The molecule has 1 amide bonds. The number of hydrogen-bond donors (Lipinski definition) is 1. The van der Waals surface area contributed by atoms with E-state index in [2.05, 4.69) is 19.2 Å². The SMILES string of the molecule is CCC1(CC)C[C@H](NC(=O)CN(c2ccc(OC)c(OC)c2)S(=O)(=O)c2ccc(C)cc2)c2ccccc2O1. The van der Waals surface area contributed by atoms with Crippen LogP contribution in [0.15, 0.2) is 71.6 Å². The minimum Gasteiger partial charge on any atom is -0.493 e. The smallest absolute Gasteiger partial charge is 0.264 e. The van der Waals surface area contributed by atoms with Gasteiger partial charge in [0.05, 0.1) is 30.8 Å². The molecule has 0 aliphatic carbocycles. The molecule has 1 aliphatic rings. The number of ether oxygens (including phenoxy) is 3. The van der Waals surface area contributed by atoms with E-state index in [1.54, 1.807) is 42.5 Å². The molecule has 0 radical (unpaired) electrons. The van der Waals surface area contributed by atoms with Crippen LogP contribution in [0.25, 0.3) is 0 Å². The molecule has 4 rings (SSSR count). The first kappa shape index (κ1) is 28.3. The molecule has 1 N–H and O–H groups in total. The first-order chi connectivity index (χ1) is 18.7. The van der Waals surface area contributed by atoms with Gasteiger partial charge in [-0.15, -0.1) is 0 Å². The molecule has 3 aromatic rings. The first-order valence-corrected chi connectivity index (χ1v) is 14.5. The van der Waals surface area contributed by atoms with Gasteiger partial charge in [-0.1, -0.05) is 49.7 Å². The van der Waals surface area contributed by atoms with Gasteiger partial charge in [0.15, 0.2) is 11.5 Å². The number of carbonyl (C=O) groups is 1. The molecule has 8 nitrogen and oxygen atoms in total. The van der Waals surface area contributed by atoms with Gasteiger partial charge in [0.1, 0.15) is 17.9 Å². The second-order valence-electron chi connectivity index (χ2n) is 9.72. The summed E-state index contributed by atoms with van der Waals surface area (Å²) in [5.41, 5.74) is 1.68. The summed E-state index contributed by atoms with van der Waals surface area (Å²) in [5.74, 6) is 1.12. The lowest BCUT2D eigenvalue weighted by molar-refractivity contribution is -0.121. The number of benzene rings is 3. The fraction of sp³-hybridized carbons (Fsp3) is 0.367. The van der Waals surface area contributed by atoms with E-state index >= 15 is 0 Å². The molecule has 3 aromatic carbocycles. The number of carbonyl (C=O) groups excluding carboxylic acids is 1. The number of rotatable bonds is 10. The van der Waals surface area contributed by atoms with Crippen LogP contribution in [0, 0.1) is 6.92 Å². The zero-order chi connectivity index (χ0) is 28.2. The number of hydrogen-bond acceptors (Lipinski definition) is 6. The largest absolute Gasteiger partial charge is 0.493 e. The Bertz CT molecular complexity index is 1420. The van der Waals surface area contributed by atoms with E-state index in [1.807, 2.05) is 31.2 Å². The topological polar surface area (TPSA) is 94.2 Å². The van der Waals surface area contributed by atoms with Crippen molar-refractivity contribution in [1.29, 1.82) is 0 Å². The molecule has 1 heterocycles. The van der Waals surface area contributed by atoms with Gasteiger partial charge in [0, 0.05) is 18.1 Å². The zero-order valence-electron chi connectivity index (χ0n) is 23.1. The van der Waals surface area contributed by atoms with Crippen molar-refractivity contribution in [1.82, 2.24) is 5.32 Å². The molecule has 39 heavy (non-hydrogen) atoms. The minimum atomic E-state index is -4.09. The van der Waals surface area contributed by atoms with Crippen molar-refractivity contribution in [2.24, 2.45) is 0 Å². The highest BCUT2D eigenvalue weighted by Crippen LogP contribution is 2.42. The standard InChI is InChI=1S/C30H36N2O6S/c1-6-30(7-2)19-25(24-10-8-9-11-26(24)38-30)31-29(33)20-32(22-14-17-27(36-4)28(18-22)37-5)39(34,35)23-15-12-21(3)13-16-23/h8-18,25H,6-7,19-20H2,1-5H3,(H,31,33)/t25-/m0/s1. The van der Waals surface area contributed by atoms with Crippen LogP contribution in [0.2, 0.25) is 0 Å². The van der Waals surface area contributed by atoms with Gasteiger partial charge in [-0.25, -0.2) is 8.42 Å². The average molecular weight is 553 g/mol. The predicted molar refractivity (Wildman–Crippen MR) is 151 cm³/mol. The van der Waals surface area contributed by atoms with Crippen molar-refractivity contribution in [2.45, 2.75) is 56.6 Å². The molecule has 0 unspecified atom stereocenters. The van der Waals surface area contributed by atoms with Gasteiger partial charge in [-0.2, -0.15) is 0 Å². The Morgan fingerprint density at radius 1 is 1.00 bits per heavy atom. The number of sulfonamides is 1. The predicted octanol–water partition coefficient (Wildman–Crippen LogP) is 5.41. The van der Waals surface area contributed by atoms with Crippen molar-refractivity contribution < 1.29 is 27.4 Å². The lowest BCUT2D eigenvalue weighted by Gasteiger charge is -2.41. The number of aryl methyl sites for hydroxylation is 1. The molecule has 0 fully saturated rings. The van der Waals surface area contributed by atoms with Gasteiger partial charge < -0.3 is 19.5 Å². The summed E-state index contributed by atoms with van der Waals surface area (Å²) in [6, 6.07) is 18.7. The van der Waals surface area contributed by atoms with Crippen molar-refractivity contribution in [2.75, 3.05) is 25.1 Å². The highest BCUT2D eigenvalue weighted by molar-refractivity contribution is 7.92. The molecule has 0 saturated heterocycles. The molecule has 0 aromatic heterocycles. The van der Waals surface area contributed by atoms with Crippen molar-refractivity contribution >= 4 is 21.6 Å². The van der Waals surface area contributed by atoms with Crippen molar-refractivity contribution in [3.8, 4) is 17.2 Å². The second-order valence-corrected chi connectivity index (χ2v) is 11.6. The van der Waals surface area contributed by atoms with Crippen LogP contribution in [0.4, 0.5) is 5.69 Å². The molecular formula is C30H36N2O6S. The molecule has 0 saturated carbocycles. The van der Waals surface area contributed by atoms with E-state index in [0.717, 1.165) is 34.0 Å². The summed E-state index contributed by atoms with van der Waals surface area (Å²) in [7, 11) is -1.11. The Morgan fingerprint density at radius 2 is 1.67 bits per heavy atom. The van der Waals surface area contributed by atoms with Gasteiger partial charge in [0.2, 0.25) is 5.91 Å². The Labute approximate surface area is 230 Å². The zero-order valence-corrected chi connectivity index (χ0v) is 23.9. The van der Waals surface area contributed by atoms with Gasteiger partial charge in [0.25, 0.3) is 10.0 Å². The van der Waals surface area contributed by atoms with Crippen molar-refractivity contribution in [3.63, 3.8) is 0 Å². The summed E-state index contributed by atoms with van der Waals surface area (Å²) >= 11 is 0. The quantitative estimate of drug-likeness (QED) is 0.362. The number of nitrogens with one attached hydrogen (secondary N) is 1. The van der Waals surface area contributed by atoms with E-state index in [9.17, 15) is 13.2 Å². The Balaban J connectivity index is 1.70. The number of para-hydroxylation sites is 1. The molecule has 9 heteroatoms. The van der Waals surface area contributed by atoms with E-state index in [0.29, 0.717) is 17.9 Å². The van der Waals surface area contributed by atoms with Crippen LogP contribution in [-0.2, 0) is 14.8 Å². The van der Waals surface area contributed by atoms with Gasteiger partial charge in [-0.05, 0) is 50.1 Å². The summed E-state index contributed by atoms with van der Waals surface area (Å²) in [6.45, 7) is 5.61. The Kier molecular flexibility index (Phi) is 8.39. The minimum absolute atomic E-state index is 0.0862. The summed E-state index contributed by atoms with van der Waals surface area (Å²) in [5, 5.41) is 3.10. The molecular weight excluding hydrogens is 516 g/mol. The maximum atomic E-state index is 13.9. The maximum absolute atomic E-state index is 13.9. The summed E-state index contributed by atoms with van der Waals surface area (Å²) in [6.07, 6.45) is 2.15. The Morgan fingerprint density at radius 3 is 2.31 bits per heavy atom. The lowest BCUT2D eigenvalue weighted by atomic mass is 9.83. The van der Waals surface area contributed by atoms with Gasteiger partial charge in [-0.3, -0.25) is 9.10 Å². The number of anilines is 1. The summed E-state index contributed by atoms with van der Waals surface area (Å²) < 4.78 is 46.0. The fourth-order valence-electron chi connectivity index (χ4n) is 4.93. The third kappa shape index (κ3) is 5.83. The van der Waals surface area contributed by atoms with Crippen LogP contribution >= 0.6 is 0 Å². The number of methoxy groups -OCH3 is 2. The van der Waals surface area contributed by atoms with E-state index in [1.165, 1.54) is 14.2 Å². The molecule has 1 aliphatic heterocycles. The van der Waals surface area contributed by atoms with Crippen LogP contribution in [0.3, 0.4) is 0 Å². The maximum Gasteiger partial charge on any atom is 0.264 e. The van der Waals surface area contributed by atoms with Gasteiger partial charge >= 0.3 is 0 Å². The summed E-state index contributed by atoms with van der Waals surface area (Å²) in [4.78, 5) is 13.7. The second kappa shape index (κ2) is 11.6. The van der Waals surface area contributed by atoms with Crippen LogP contribution in [0.1, 0.15) is 50.3 Å². The number of nitrogens with zero attached hydrogens (tertiary/aromatic N) is 1.